The first kappa shape index (κ1) is 15.5. The van der Waals surface area contributed by atoms with Gasteiger partial charge in [0.05, 0.1) is 31.6 Å². The Hall–Kier alpha value is -3.02. The summed E-state index contributed by atoms with van der Waals surface area (Å²) in [5.74, 6) is 1.41. The molecule has 0 atom stereocenters. The van der Waals surface area contributed by atoms with E-state index in [9.17, 15) is 4.79 Å². The van der Waals surface area contributed by atoms with Crippen molar-refractivity contribution in [2.75, 3.05) is 20.8 Å². The maximum Gasteiger partial charge on any atom is 0.256 e. The van der Waals surface area contributed by atoms with Crippen LogP contribution in [0.4, 0.5) is 0 Å². The molecule has 0 aliphatic carbocycles. The number of hydrogen-bond donors (Lipinski definition) is 1. The summed E-state index contributed by atoms with van der Waals surface area (Å²) in [6.45, 7) is 1.22. The predicted molar refractivity (Wildman–Crippen MR) is 94.1 cm³/mol. The number of imidazole rings is 1. The first-order chi connectivity index (χ1) is 12.2. The third kappa shape index (κ3) is 2.59. The second-order valence-electron chi connectivity index (χ2n) is 6.06. The molecule has 1 N–H and O–H groups in total. The van der Waals surface area contributed by atoms with Crippen molar-refractivity contribution in [1.29, 1.82) is 0 Å². The summed E-state index contributed by atoms with van der Waals surface area (Å²) in [5.41, 5.74) is 4.49. The van der Waals surface area contributed by atoms with Gasteiger partial charge < -0.3 is 19.4 Å². The average Bonchev–Trinajstić information content (AvgIpc) is 3.14. The highest BCUT2D eigenvalue weighted by molar-refractivity contribution is 6.04. The van der Waals surface area contributed by atoms with Crippen LogP contribution in [0.1, 0.15) is 21.5 Å². The normalized spacial score (nSPS) is 13.6. The Balaban J connectivity index is 1.66. The average molecular weight is 337 g/mol. The van der Waals surface area contributed by atoms with Gasteiger partial charge in [-0.3, -0.25) is 4.79 Å². The van der Waals surface area contributed by atoms with Gasteiger partial charge in [0.25, 0.3) is 5.91 Å². The van der Waals surface area contributed by atoms with Gasteiger partial charge in [0.2, 0.25) is 0 Å². The molecule has 2 heterocycles. The van der Waals surface area contributed by atoms with Gasteiger partial charge in [-0.1, -0.05) is 6.07 Å². The number of aromatic nitrogens is 2. The molecule has 3 aromatic rings. The maximum atomic E-state index is 13.0. The van der Waals surface area contributed by atoms with Gasteiger partial charge in [0, 0.05) is 13.1 Å². The zero-order chi connectivity index (χ0) is 17.4. The number of amides is 1. The third-order valence-electron chi connectivity index (χ3n) is 4.69. The third-order valence-corrected chi connectivity index (χ3v) is 4.69. The molecule has 0 bridgehead atoms. The van der Waals surface area contributed by atoms with E-state index in [1.807, 2.05) is 35.2 Å². The molecule has 1 amide bonds. The second-order valence-corrected chi connectivity index (χ2v) is 6.06. The number of carbonyl (C=O) groups is 1. The van der Waals surface area contributed by atoms with E-state index in [1.165, 1.54) is 5.56 Å². The van der Waals surface area contributed by atoms with Crippen LogP contribution in [0, 0.1) is 0 Å². The maximum absolute atomic E-state index is 13.0. The van der Waals surface area contributed by atoms with Crippen molar-refractivity contribution >= 4 is 16.9 Å². The van der Waals surface area contributed by atoms with Crippen molar-refractivity contribution in [2.24, 2.45) is 0 Å². The molecule has 0 spiro atoms. The van der Waals surface area contributed by atoms with Crippen LogP contribution >= 0.6 is 0 Å². The minimum absolute atomic E-state index is 0.00173. The molecule has 0 fully saturated rings. The number of fused-ring (bicyclic) bond motifs is 2. The fourth-order valence-electron chi connectivity index (χ4n) is 3.36. The summed E-state index contributed by atoms with van der Waals surface area (Å²) in [6, 6.07) is 9.59. The van der Waals surface area contributed by atoms with Crippen molar-refractivity contribution in [3.05, 3.63) is 53.3 Å². The van der Waals surface area contributed by atoms with Crippen LogP contribution in [0.3, 0.4) is 0 Å². The number of nitrogens with zero attached hydrogens (tertiary/aromatic N) is 2. The molecule has 1 aliphatic heterocycles. The number of ether oxygens (including phenoxy) is 2. The molecule has 1 aromatic heterocycles. The Morgan fingerprint density at radius 3 is 2.68 bits per heavy atom. The first-order valence-electron chi connectivity index (χ1n) is 8.16. The Bertz CT molecular complexity index is 948. The fourth-order valence-corrected chi connectivity index (χ4v) is 3.36. The summed E-state index contributed by atoms with van der Waals surface area (Å²) < 4.78 is 10.8. The highest BCUT2D eigenvalue weighted by Crippen LogP contribution is 2.33. The Morgan fingerprint density at radius 2 is 1.92 bits per heavy atom. The van der Waals surface area contributed by atoms with E-state index in [0.29, 0.717) is 29.9 Å². The zero-order valence-corrected chi connectivity index (χ0v) is 14.2. The van der Waals surface area contributed by atoms with E-state index in [2.05, 4.69) is 9.97 Å². The van der Waals surface area contributed by atoms with Crippen LogP contribution in [0.2, 0.25) is 0 Å². The van der Waals surface area contributed by atoms with E-state index < -0.39 is 0 Å². The van der Waals surface area contributed by atoms with Crippen molar-refractivity contribution in [3.8, 4) is 11.5 Å². The summed E-state index contributed by atoms with van der Waals surface area (Å²) in [6.07, 6.45) is 2.40. The fraction of sp³-hybridized carbons (Fsp3) is 0.263. The standard InChI is InChI=1S/C19H19N3O3/c1-24-16-8-12-6-7-22(10-13(12)9-17(16)25-2)19(23)14-4-3-5-15-18(14)21-11-20-15/h3-5,8-9,11H,6-7,10H2,1-2H3,(H,20,21). The molecule has 0 saturated carbocycles. The molecule has 25 heavy (non-hydrogen) atoms. The Kier molecular flexibility index (Phi) is 3.80. The summed E-state index contributed by atoms with van der Waals surface area (Å²) in [4.78, 5) is 22.2. The van der Waals surface area contributed by atoms with Crippen LogP contribution in [-0.2, 0) is 13.0 Å². The summed E-state index contributed by atoms with van der Waals surface area (Å²) in [5, 5.41) is 0. The summed E-state index contributed by atoms with van der Waals surface area (Å²) in [7, 11) is 3.25. The SMILES string of the molecule is COc1cc2c(cc1OC)CN(C(=O)c1cccc3[nH]cnc13)CC2. The van der Waals surface area contributed by atoms with E-state index in [-0.39, 0.29) is 5.91 Å². The van der Waals surface area contributed by atoms with Gasteiger partial charge in [-0.2, -0.15) is 0 Å². The van der Waals surface area contributed by atoms with Gasteiger partial charge in [-0.25, -0.2) is 4.98 Å². The number of H-pyrrole nitrogens is 1. The smallest absolute Gasteiger partial charge is 0.256 e. The summed E-state index contributed by atoms with van der Waals surface area (Å²) >= 11 is 0. The van der Waals surface area contributed by atoms with Crippen molar-refractivity contribution in [2.45, 2.75) is 13.0 Å². The number of carbonyl (C=O) groups excluding carboxylic acids is 1. The monoisotopic (exact) mass is 337 g/mol. The molecule has 6 heteroatoms. The number of rotatable bonds is 3. The quantitative estimate of drug-likeness (QED) is 0.798. The highest BCUT2D eigenvalue weighted by atomic mass is 16.5. The van der Waals surface area contributed by atoms with Crippen LogP contribution in [-0.4, -0.2) is 41.5 Å². The second kappa shape index (κ2) is 6.12. The lowest BCUT2D eigenvalue weighted by molar-refractivity contribution is 0.0736. The van der Waals surface area contributed by atoms with Crippen molar-refractivity contribution in [3.63, 3.8) is 0 Å². The minimum atomic E-state index is -0.00173. The largest absolute Gasteiger partial charge is 0.493 e. The van der Waals surface area contributed by atoms with E-state index >= 15 is 0 Å². The molecule has 2 aromatic carbocycles. The van der Waals surface area contributed by atoms with Crippen LogP contribution < -0.4 is 9.47 Å². The van der Waals surface area contributed by atoms with E-state index in [0.717, 1.165) is 23.3 Å². The lowest BCUT2D eigenvalue weighted by atomic mass is 9.98. The lowest BCUT2D eigenvalue weighted by Crippen LogP contribution is -2.36. The van der Waals surface area contributed by atoms with Crippen molar-refractivity contribution in [1.82, 2.24) is 14.9 Å². The highest BCUT2D eigenvalue weighted by Gasteiger charge is 2.25. The van der Waals surface area contributed by atoms with Gasteiger partial charge in [0.1, 0.15) is 5.52 Å². The zero-order valence-electron chi connectivity index (χ0n) is 14.2. The molecule has 1 aliphatic rings. The molecular formula is C19H19N3O3. The number of aromatic amines is 1. The van der Waals surface area contributed by atoms with Crippen LogP contribution in [0.15, 0.2) is 36.7 Å². The Morgan fingerprint density at radius 1 is 1.16 bits per heavy atom. The predicted octanol–water partition coefficient (Wildman–Crippen LogP) is 2.78. The first-order valence-corrected chi connectivity index (χ1v) is 8.16. The van der Waals surface area contributed by atoms with Gasteiger partial charge in [0.15, 0.2) is 11.5 Å². The number of methoxy groups -OCH3 is 2. The number of hydrogen-bond acceptors (Lipinski definition) is 4. The van der Waals surface area contributed by atoms with Crippen LogP contribution in [0.5, 0.6) is 11.5 Å². The van der Waals surface area contributed by atoms with Crippen LogP contribution in [0.25, 0.3) is 11.0 Å². The van der Waals surface area contributed by atoms with Gasteiger partial charge in [-0.15, -0.1) is 0 Å². The van der Waals surface area contributed by atoms with E-state index in [1.54, 1.807) is 20.5 Å². The molecule has 6 nitrogen and oxygen atoms in total. The topological polar surface area (TPSA) is 67.5 Å². The molecule has 4 rings (SSSR count). The molecule has 128 valence electrons. The molecule has 0 unspecified atom stereocenters. The van der Waals surface area contributed by atoms with Crippen molar-refractivity contribution < 1.29 is 14.3 Å². The lowest BCUT2D eigenvalue weighted by Gasteiger charge is -2.29. The number of para-hydroxylation sites is 1. The number of nitrogens with one attached hydrogen (secondary N) is 1. The Labute approximate surface area is 145 Å². The van der Waals surface area contributed by atoms with Gasteiger partial charge >= 0.3 is 0 Å². The molecular weight excluding hydrogens is 318 g/mol. The molecule has 0 radical (unpaired) electrons. The van der Waals surface area contributed by atoms with Gasteiger partial charge in [-0.05, 0) is 41.8 Å². The minimum Gasteiger partial charge on any atom is -0.493 e. The number of benzene rings is 2. The van der Waals surface area contributed by atoms with E-state index in [4.69, 9.17) is 9.47 Å². The molecule has 0 saturated heterocycles.